The van der Waals surface area contributed by atoms with E-state index in [1.165, 1.54) is 70.6 Å². The lowest BCUT2D eigenvalue weighted by Gasteiger charge is -2.57. The van der Waals surface area contributed by atoms with E-state index in [2.05, 4.69) is 55.4 Å². The Morgan fingerprint density at radius 3 is 1.50 bits per heavy atom. The van der Waals surface area contributed by atoms with Crippen LogP contribution in [-0.4, -0.2) is 0 Å². The molecule has 134 valence electrons. The van der Waals surface area contributed by atoms with Crippen molar-refractivity contribution >= 4 is 0 Å². The van der Waals surface area contributed by atoms with E-state index in [0.29, 0.717) is 16.2 Å². The van der Waals surface area contributed by atoms with Gasteiger partial charge in [0.25, 0.3) is 0 Å². The third-order valence-electron chi connectivity index (χ3n) is 7.12. The summed E-state index contributed by atoms with van der Waals surface area (Å²) in [5, 5.41) is 0. The van der Waals surface area contributed by atoms with Crippen LogP contribution in [0.4, 0.5) is 0 Å². The van der Waals surface area contributed by atoms with Crippen molar-refractivity contribution in [3.05, 3.63) is 0 Å². The molecular weight excluding hydrogens is 264 g/mol. The van der Waals surface area contributed by atoms with Crippen molar-refractivity contribution < 1.29 is 0 Å². The second kappa shape index (κ2) is 9.99. The van der Waals surface area contributed by atoms with E-state index in [-0.39, 0.29) is 0 Å². The third kappa shape index (κ3) is 5.27. The number of hydrogen-bond acceptors (Lipinski definition) is 0. The molecule has 0 aliphatic heterocycles. The van der Waals surface area contributed by atoms with E-state index in [1.807, 2.05) is 0 Å². The number of unbranched alkanes of at least 4 members (excludes halogenated alkanes) is 4. The Labute approximate surface area is 142 Å². The van der Waals surface area contributed by atoms with Crippen LogP contribution in [-0.2, 0) is 0 Å². The predicted octanol–water partition coefficient (Wildman–Crippen LogP) is 8.40. The molecule has 0 aliphatic carbocycles. The van der Waals surface area contributed by atoms with Crippen LogP contribution in [0.5, 0.6) is 0 Å². The molecule has 2 atom stereocenters. The van der Waals surface area contributed by atoms with E-state index in [9.17, 15) is 0 Å². The molecule has 0 N–H and O–H groups in total. The van der Waals surface area contributed by atoms with Crippen LogP contribution in [0, 0.1) is 16.2 Å². The molecule has 0 nitrogen and oxygen atoms in total. The van der Waals surface area contributed by atoms with Gasteiger partial charge < -0.3 is 0 Å². The fourth-order valence-electron chi connectivity index (χ4n) is 4.49. The zero-order chi connectivity index (χ0) is 17.3. The highest BCUT2D eigenvalue weighted by Gasteiger charge is 2.50. The minimum Gasteiger partial charge on any atom is -0.0654 e. The summed E-state index contributed by atoms with van der Waals surface area (Å²) in [7, 11) is 0. The molecule has 2 unspecified atom stereocenters. The third-order valence-corrected chi connectivity index (χ3v) is 7.12. The standard InChI is InChI=1S/C22H46/c1-9-13-16-19-22(8,20(5,6)17-14-10-2)21(7,12-4)18-15-11-3/h9-19H2,1-8H3. The molecule has 0 spiro atoms. The minimum absolute atomic E-state index is 0.440. The van der Waals surface area contributed by atoms with E-state index in [4.69, 9.17) is 0 Å². The monoisotopic (exact) mass is 310 g/mol. The van der Waals surface area contributed by atoms with E-state index < -0.39 is 0 Å². The summed E-state index contributed by atoms with van der Waals surface area (Å²) < 4.78 is 0. The van der Waals surface area contributed by atoms with Crippen LogP contribution in [0.25, 0.3) is 0 Å². The van der Waals surface area contributed by atoms with Gasteiger partial charge >= 0.3 is 0 Å². The fraction of sp³-hybridized carbons (Fsp3) is 1.00. The second-order valence-electron chi connectivity index (χ2n) is 8.79. The van der Waals surface area contributed by atoms with Gasteiger partial charge in [-0.1, -0.05) is 107 Å². The molecule has 0 heterocycles. The maximum absolute atomic E-state index is 2.64. The molecule has 22 heavy (non-hydrogen) atoms. The Morgan fingerprint density at radius 2 is 1.05 bits per heavy atom. The zero-order valence-corrected chi connectivity index (χ0v) is 17.3. The summed E-state index contributed by atoms with van der Waals surface area (Å²) in [6.45, 7) is 19.8. The van der Waals surface area contributed by atoms with Crippen LogP contribution in [0.2, 0.25) is 0 Å². The first-order chi connectivity index (χ1) is 10.2. The summed E-state index contributed by atoms with van der Waals surface area (Å²) in [5.74, 6) is 0. The van der Waals surface area contributed by atoms with Gasteiger partial charge in [0.15, 0.2) is 0 Å². The Kier molecular flexibility index (Phi) is 9.99. The van der Waals surface area contributed by atoms with E-state index >= 15 is 0 Å². The van der Waals surface area contributed by atoms with Crippen LogP contribution in [0.3, 0.4) is 0 Å². The van der Waals surface area contributed by atoms with Crippen molar-refractivity contribution in [1.29, 1.82) is 0 Å². The lowest BCUT2D eigenvalue weighted by molar-refractivity contribution is -0.0712. The minimum atomic E-state index is 0.440. The Bertz CT molecular complexity index is 278. The predicted molar refractivity (Wildman–Crippen MR) is 103 cm³/mol. The van der Waals surface area contributed by atoms with Crippen LogP contribution < -0.4 is 0 Å². The highest BCUT2D eigenvalue weighted by Crippen LogP contribution is 2.60. The smallest absolute Gasteiger partial charge is 0.0221 e. The Balaban J connectivity index is 5.44. The van der Waals surface area contributed by atoms with Gasteiger partial charge in [-0.05, 0) is 35.5 Å². The second-order valence-corrected chi connectivity index (χ2v) is 8.79. The quantitative estimate of drug-likeness (QED) is 0.299. The molecule has 0 radical (unpaired) electrons. The van der Waals surface area contributed by atoms with Crippen molar-refractivity contribution in [3.63, 3.8) is 0 Å². The molecule has 0 aromatic carbocycles. The highest BCUT2D eigenvalue weighted by atomic mass is 14.6. The molecule has 0 heteroatoms. The molecule has 0 saturated heterocycles. The van der Waals surface area contributed by atoms with Gasteiger partial charge in [-0.2, -0.15) is 0 Å². The van der Waals surface area contributed by atoms with Crippen molar-refractivity contribution in [2.75, 3.05) is 0 Å². The highest BCUT2D eigenvalue weighted by molar-refractivity contribution is 5.00. The van der Waals surface area contributed by atoms with Crippen molar-refractivity contribution in [3.8, 4) is 0 Å². The van der Waals surface area contributed by atoms with Gasteiger partial charge in [0.05, 0.1) is 0 Å². The summed E-state index contributed by atoms with van der Waals surface area (Å²) in [4.78, 5) is 0. The Morgan fingerprint density at radius 1 is 0.545 bits per heavy atom. The van der Waals surface area contributed by atoms with Gasteiger partial charge in [0.1, 0.15) is 0 Å². The molecule has 0 amide bonds. The van der Waals surface area contributed by atoms with Gasteiger partial charge in [0.2, 0.25) is 0 Å². The van der Waals surface area contributed by atoms with Crippen LogP contribution in [0.15, 0.2) is 0 Å². The molecule has 0 aromatic rings. The average Bonchev–Trinajstić information content (AvgIpc) is 2.50. The van der Waals surface area contributed by atoms with E-state index in [1.54, 1.807) is 0 Å². The lowest BCUT2D eigenvalue weighted by Crippen LogP contribution is -2.48. The SMILES string of the molecule is CCCCCC(C)(C(C)(C)CCCC)C(C)(CC)CCCC. The molecule has 0 fully saturated rings. The van der Waals surface area contributed by atoms with E-state index in [0.717, 1.165) is 0 Å². The number of rotatable bonds is 13. The number of hydrogen-bond donors (Lipinski definition) is 0. The summed E-state index contributed by atoms with van der Waals surface area (Å²) in [5.41, 5.74) is 1.37. The topological polar surface area (TPSA) is 0 Å². The van der Waals surface area contributed by atoms with Crippen molar-refractivity contribution in [2.45, 2.75) is 126 Å². The first-order valence-corrected chi connectivity index (χ1v) is 10.2. The van der Waals surface area contributed by atoms with Crippen molar-refractivity contribution in [1.82, 2.24) is 0 Å². The molecule has 0 saturated carbocycles. The largest absolute Gasteiger partial charge is 0.0654 e. The van der Waals surface area contributed by atoms with Gasteiger partial charge in [-0.15, -0.1) is 0 Å². The van der Waals surface area contributed by atoms with Gasteiger partial charge in [0, 0.05) is 0 Å². The van der Waals surface area contributed by atoms with Gasteiger partial charge in [-0.25, -0.2) is 0 Å². The molecule has 0 bridgehead atoms. The average molecular weight is 311 g/mol. The fourth-order valence-corrected chi connectivity index (χ4v) is 4.49. The van der Waals surface area contributed by atoms with Crippen LogP contribution >= 0.6 is 0 Å². The maximum atomic E-state index is 2.64. The van der Waals surface area contributed by atoms with Gasteiger partial charge in [-0.3, -0.25) is 0 Å². The molecular formula is C22H46. The molecule has 0 rings (SSSR count). The zero-order valence-electron chi connectivity index (χ0n) is 17.3. The summed E-state index contributed by atoms with van der Waals surface area (Å²) in [6.07, 6.45) is 15.1. The summed E-state index contributed by atoms with van der Waals surface area (Å²) >= 11 is 0. The van der Waals surface area contributed by atoms with Crippen molar-refractivity contribution in [2.24, 2.45) is 16.2 Å². The normalized spacial score (nSPS) is 18.0. The first kappa shape index (κ1) is 22.0. The molecule has 0 aromatic heterocycles. The maximum Gasteiger partial charge on any atom is -0.0221 e. The summed E-state index contributed by atoms with van der Waals surface area (Å²) in [6, 6.07) is 0. The first-order valence-electron chi connectivity index (χ1n) is 10.2. The Hall–Kier alpha value is 0. The lowest BCUT2D eigenvalue weighted by atomic mass is 9.48. The van der Waals surface area contributed by atoms with Crippen LogP contribution in [0.1, 0.15) is 126 Å². The molecule has 0 aliphatic rings.